The van der Waals surface area contributed by atoms with E-state index in [2.05, 4.69) is 5.10 Å². The third kappa shape index (κ3) is 4.21. The van der Waals surface area contributed by atoms with Gasteiger partial charge in [-0.2, -0.15) is 5.10 Å². The number of carbonyl (C=O) groups is 2. The lowest BCUT2D eigenvalue weighted by molar-refractivity contribution is -0.139. The van der Waals surface area contributed by atoms with Crippen LogP contribution in [0, 0.1) is 13.8 Å². The predicted octanol–water partition coefficient (Wildman–Crippen LogP) is 3.44. The van der Waals surface area contributed by atoms with Crippen molar-refractivity contribution in [2.75, 3.05) is 13.1 Å². The van der Waals surface area contributed by atoms with Gasteiger partial charge in [-0.15, -0.1) is 0 Å². The summed E-state index contributed by atoms with van der Waals surface area (Å²) in [7, 11) is 0. The monoisotopic (exact) mass is 369 g/mol. The van der Waals surface area contributed by atoms with Crippen LogP contribution in [-0.4, -0.2) is 45.8 Å². The minimum absolute atomic E-state index is 0.115. The van der Waals surface area contributed by atoms with E-state index in [1.54, 1.807) is 18.5 Å². The molecule has 1 saturated heterocycles. The summed E-state index contributed by atoms with van der Waals surface area (Å²) in [5.41, 5.74) is 2.61. The molecule has 2 heterocycles. The number of aryl methyl sites for hydroxylation is 1. The van der Waals surface area contributed by atoms with Gasteiger partial charge in [0.25, 0.3) is 5.91 Å². The van der Waals surface area contributed by atoms with Gasteiger partial charge in [-0.1, -0.05) is 31.0 Å². The third-order valence-corrected chi connectivity index (χ3v) is 5.05. The van der Waals surface area contributed by atoms with E-state index in [1.807, 2.05) is 42.2 Å². The van der Waals surface area contributed by atoms with Gasteiger partial charge in [0, 0.05) is 13.1 Å². The van der Waals surface area contributed by atoms with Gasteiger partial charge in [0.1, 0.15) is 5.56 Å². The molecule has 0 radical (unpaired) electrons. The molecule has 1 aromatic heterocycles. The molecule has 0 aliphatic carbocycles. The van der Waals surface area contributed by atoms with Crippen molar-refractivity contribution in [3.05, 3.63) is 47.3 Å². The van der Waals surface area contributed by atoms with Gasteiger partial charge in [-0.25, -0.2) is 9.48 Å². The molecule has 1 aliphatic rings. The molecule has 1 fully saturated rings. The molecule has 3 rings (SSSR count). The predicted molar refractivity (Wildman–Crippen MR) is 103 cm³/mol. The molecule has 0 unspecified atom stereocenters. The Labute approximate surface area is 160 Å². The number of likely N-dealkylation sites (tertiary alicyclic amines) is 1. The van der Waals surface area contributed by atoms with E-state index in [-0.39, 0.29) is 5.91 Å². The SMILES string of the molecule is Cc1nn(-c2ccccc2)c(C)c1C(=O)O[C@@H](C)C(=O)N1CCCCCC1. The Morgan fingerprint density at radius 3 is 2.30 bits per heavy atom. The molecule has 27 heavy (non-hydrogen) atoms. The summed E-state index contributed by atoms with van der Waals surface area (Å²) >= 11 is 0. The van der Waals surface area contributed by atoms with Gasteiger partial charge in [-0.05, 0) is 45.7 Å². The van der Waals surface area contributed by atoms with Crippen molar-refractivity contribution >= 4 is 11.9 Å². The summed E-state index contributed by atoms with van der Waals surface area (Å²) in [6, 6.07) is 9.64. The molecule has 144 valence electrons. The number of hydrogen-bond donors (Lipinski definition) is 0. The summed E-state index contributed by atoms with van der Waals surface area (Å²) in [6.07, 6.45) is 3.52. The lowest BCUT2D eigenvalue weighted by Crippen LogP contribution is -2.40. The summed E-state index contributed by atoms with van der Waals surface area (Å²) in [5, 5.41) is 4.48. The number of esters is 1. The second kappa shape index (κ2) is 8.37. The molecule has 2 aromatic rings. The fraction of sp³-hybridized carbons (Fsp3) is 0.476. The highest BCUT2D eigenvalue weighted by atomic mass is 16.5. The lowest BCUT2D eigenvalue weighted by atomic mass is 10.2. The first kappa shape index (κ1) is 19.1. The zero-order chi connectivity index (χ0) is 19.4. The van der Waals surface area contributed by atoms with Gasteiger partial charge in [-0.3, -0.25) is 4.79 Å². The molecule has 1 aromatic carbocycles. The molecule has 0 bridgehead atoms. The summed E-state index contributed by atoms with van der Waals surface area (Å²) in [6.45, 7) is 6.75. The molecule has 0 saturated carbocycles. The maximum absolute atomic E-state index is 12.8. The van der Waals surface area contributed by atoms with Crippen molar-refractivity contribution in [2.24, 2.45) is 0 Å². The van der Waals surface area contributed by atoms with Crippen molar-refractivity contribution in [1.82, 2.24) is 14.7 Å². The fourth-order valence-electron chi connectivity index (χ4n) is 3.58. The Morgan fingerprint density at radius 1 is 1.04 bits per heavy atom. The molecule has 0 spiro atoms. The Balaban J connectivity index is 1.74. The van der Waals surface area contributed by atoms with Crippen LogP contribution in [0.15, 0.2) is 30.3 Å². The maximum Gasteiger partial charge on any atom is 0.342 e. The van der Waals surface area contributed by atoms with Crippen LogP contribution in [0.4, 0.5) is 0 Å². The van der Waals surface area contributed by atoms with Crippen LogP contribution in [0.2, 0.25) is 0 Å². The highest BCUT2D eigenvalue weighted by Crippen LogP contribution is 2.20. The molecule has 0 N–H and O–H groups in total. The van der Waals surface area contributed by atoms with Crippen LogP contribution in [0.1, 0.15) is 54.4 Å². The number of hydrogen-bond acceptors (Lipinski definition) is 4. The second-order valence-electron chi connectivity index (χ2n) is 7.08. The van der Waals surface area contributed by atoms with Crippen molar-refractivity contribution in [2.45, 2.75) is 52.6 Å². The Hall–Kier alpha value is -2.63. The number of carbonyl (C=O) groups excluding carboxylic acids is 2. The van der Waals surface area contributed by atoms with Gasteiger partial charge in [0.2, 0.25) is 0 Å². The molecule has 1 aliphatic heterocycles. The maximum atomic E-state index is 12.8. The van der Waals surface area contributed by atoms with Crippen LogP contribution < -0.4 is 0 Å². The molecule has 1 amide bonds. The number of amides is 1. The van der Waals surface area contributed by atoms with Crippen molar-refractivity contribution < 1.29 is 14.3 Å². The van der Waals surface area contributed by atoms with E-state index in [0.29, 0.717) is 17.0 Å². The summed E-state index contributed by atoms with van der Waals surface area (Å²) < 4.78 is 7.25. The number of rotatable bonds is 4. The van der Waals surface area contributed by atoms with E-state index in [9.17, 15) is 9.59 Å². The van der Waals surface area contributed by atoms with Gasteiger partial charge in [0.05, 0.1) is 17.1 Å². The normalized spacial score (nSPS) is 15.9. The molecule has 1 atom stereocenters. The highest BCUT2D eigenvalue weighted by Gasteiger charge is 2.28. The minimum atomic E-state index is -0.797. The van der Waals surface area contributed by atoms with Crippen LogP contribution in [-0.2, 0) is 9.53 Å². The minimum Gasteiger partial charge on any atom is -0.449 e. The Morgan fingerprint density at radius 2 is 1.67 bits per heavy atom. The Bertz CT molecular complexity index is 806. The Kier molecular flexibility index (Phi) is 5.94. The average molecular weight is 369 g/mol. The average Bonchev–Trinajstić information content (AvgIpc) is 2.83. The van der Waals surface area contributed by atoms with Crippen molar-refractivity contribution in [1.29, 1.82) is 0 Å². The number of nitrogens with zero attached hydrogens (tertiary/aromatic N) is 3. The molecule has 6 heteroatoms. The van der Waals surface area contributed by atoms with E-state index in [1.165, 1.54) is 0 Å². The molecular weight excluding hydrogens is 342 g/mol. The number of aromatic nitrogens is 2. The molecular formula is C21H27N3O3. The van der Waals surface area contributed by atoms with E-state index >= 15 is 0 Å². The van der Waals surface area contributed by atoms with Crippen molar-refractivity contribution in [3.63, 3.8) is 0 Å². The zero-order valence-electron chi connectivity index (χ0n) is 16.3. The standard InChI is InChI=1S/C21H27N3O3/c1-15-19(16(2)24(22-15)18-11-7-6-8-12-18)21(26)27-17(3)20(25)23-13-9-4-5-10-14-23/h6-8,11-12,17H,4-5,9-10,13-14H2,1-3H3/t17-/m0/s1. The van der Waals surface area contributed by atoms with Gasteiger partial charge >= 0.3 is 5.97 Å². The number of para-hydroxylation sites is 1. The van der Waals surface area contributed by atoms with Crippen LogP contribution in [0.5, 0.6) is 0 Å². The van der Waals surface area contributed by atoms with Gasteiger partial charge in [0.15, 0.2) is 6.10 Å². The van der Waals surface area contributed by atoms with Crippen molar-refractivity contribution in [3.8, 4) is 5.69 Å². The van der Waals surface area contributed by atoms with Gasteiger partial charge < -0.3 is 9.64 Å². The second-order valence-corrected chi connectivity index (χ2v) is 7.08. The smallest absolute Gasteiger partial charge is 0.342 e. The first-order valence-corrected chi connectivity index (χ1v) is 9.60. The lowest BCUT2D eigenvalue weighted by Gasteiger charge is -2.24. The highest BCUT2D eigenvalue weighted by molar-refractivity contribution is 5.94. The van der Waals surface area contributed by atoms with E-state index in [4.69, 9.17) is 4.74 Å². The zero-order valence-corrected chi connectivity index (χ0v) is 16.3. The first-order valence-electron chi connectivity index (χ1n) is 9.60. The largest absolute Gasteiger partial charge is 0.449 e. The van der Waals surface area contributed by atoms with Crippen LogP contribution in [0.25, 0.3) is 5.69 Å². The summed E-state index contributed by atoms with van der Waals surface area (Å²) in [5.74, 6) is -0.612. The van der Waals surface area contributed by atoms with Crippen LogP contribution in [0.3, 0.4) is 0 Å². The topological polar surface area (TPSA) is 64.4 Å². The molecule has 6 nitrogen and oxygen atoms in total. The number of benzene rings is 1. The number of ether oxygens (including phenoxy) is 1. The first-order chi connectivity index (χ1) is 13.0. The fourth-order valence-corrected chi connectivity index (χ4v) is 3.58. The van der Waals surface area contributed by atoms with E-state index < -0.39 is 12.1 Å². The summed E-state index contributed by atoms with van der Waals surface area (Å²) in [4.78, 5) is 27.2. The van der Waals surface area contributed by atoms with Crippen LogP contribution >= 0.6 is 0 Å². The quantitative estimate of drug-likeness (QED) is 0.775. The third-order valence-electron chi connectivity index (χ3n) is 5.05. The van der Waals surface area contributed by atoms with E-state index in [0.717, 1.165) is 44.5 Å².